The first kappa shape index (κ1) is 62.1. The quantitative estimate of drug-likeness (QED) is 0.0981. The molecule has 2 N–H and O–H groups in total. The van der Waals surface area contributed by atoms with Crippen molar-refractivity contribution in [3.05, 3.63) is 154 Å². The van der Waals surface area contributed by atoms with Gasteiger partial charge in [-0.25, -0.2) is 27.8 Å². The van der Waals surface area contributed by atoms with Gasteiger partial charge in [0.2, 0.25) is 0 Å². The number of aromatic nitrogens is 6. The van der Waals surface area contributed by atoms with Crippen LogP contribution in [0.5, 0.6) is 23.0 Å². The number of carbonyl (C=O) groups is 2. The highest BCUT2D eigenvalue weighted by atomic mass is 19.4. The van der Waals surface area contributed by atoms with Crippen molar-refractivity contribution < 1.29 is 73.9 Å². The molecular formula is C60H62F8N10O8. The molecule has 2 saturated heterocycles. The van der Waals surface area contributed by atoms with Gasteiger partial charge < -0.3 is 39.0 Å². The number of fused-ring (bicyclic) bond motifs is 2. The SMILES string of the molecule is COc1ccc(-c2nc3c(C(=O)N4CCN([C@@H](CO)c5ccc(F)cc5OC)C[C@H]4C)cnn3c(C(F)(F)F)c2C)cc1.COc1ccc(-c2nc3c(C(=O)N4CCN([C@H](CO)c5ccc(F)cc5OC)C[C@H]4C)cnn3c(C(F)(F)F)c2C)cc1. The van der Waals surface area contributed by atoms with Gasteiger partial charge in [-0.15, -0.1) is 0 Å². The van der Waals surface area contributed by atoms with E-state index >= 15 is 0 Å². The van der Waals surface area contributed by atoms with Crippen LogP contribution < -0.4 is 18.9 Å². The first-order chi connectivity index (χ1) is 41.0. The summed E-state index contributed by atoms with van der Waals surface area (Å²) in [5.41, 5.74) is -0.572. The standard InChI is InChI=1S/2C30H31F4N5O4/c2*1-17-15-37(24(16-40)22-10-7-20(31)13-25(22)43-4)11-12-38(17)29(41)23-14-35-39-27(30(32,33)34)18(2)26(36-28(23)39)19-5-8-21(42-3)9-6-19/h2*5-10,13-14,17,24,40H,11-12,15-16H2,1-4H3/t17-,24+;17-,24-/m11/s1. The highest BCUT2D eigenvalue weighted by Gasteiger charge is 2.42. The predicted octanol–water partition coefficient (Wildman–Crippen LogP) is 9.52. The van der Waals surface area contributed by atoms with E-state index in [0.717, 1.165) is 12.4 Å². The van der Waals surface area contributed by atoms with Crippen LogP contribution in [0.15, 0.2) is 97.3 Å². The second-order valence-corrected chi connectivity index (χ2v) is 20.8. The maximum absolute atomic E-state index is 14.3. The van der Waals surface area contributed by atoms with Crippen LogP contribution in [0.1, 0.15) is 80.3 Å². The Morgan fingerprint density at radius 1 is 0.558 bits per heavy atom. The summed E-state index contributed by atoms with van der Waals surface area (Å²) in [5.74, 6) is -0.290. The smallest absolute Gasteiger partial charge is 0.433 e. The normalized spacial score (nSPS) is 16.9. The van der Waals surface area contributed by atoms with Crippen LogP contribution in [0.3, 0.4) is 0 Å². The third-order valence-electron chi connectivity index (χ3n) is 15.7. The van der Waals surface area contributed by atoms with Gasteiger partial charge in [0.1, 0.15) is 45.8 Å². The monoisotopic (exact) mass is 1200 g/mol. The second-order valence-electron chi connectivity index (χ2n) is 20.8. The molecule has 2 aliphatic rings. The lowest BCUT2D eigenvalue weighted by molar-refractivity contribution is -0.144. The molecule has 0 aliphatic carbocycles. The molecule has 86 heavy (non-hydrogen) atoms. The number of methoxy groups -OCH3 is 4. The minimum atomic E-state index is -4.77. The van der Waals surface area contributed by atoms with Crippen LogP contribution in [0.2, 0.25) is 0 Å². The zero-order chi connectivity index (χ0) is 62.1. The number of alkyl halides is 6. The number of aliphatic hydroxyl groups is 2. The number of halogens is 8. The molecule has 2 aliphatic heterocycles. The second kappa shape index (κ2) is 25.2. The molecule has 2 amide bonds. The first-order valence-corrected chi connectivity index (χ1v) is 27.1. The summed E-state index contributed by atoms with van der Waals surface area (Å²) in [5, 5.41) is 28.3. The van der Waals surface area contributed by atoms with Crippen molar-refractivity contribution in [3.8, 4) is 45.5 Å². The van der Waals surface area contributed by atoms with Crippen LogP contribution in [0.25, 0.3) is 33.8 Å². The van der Waals surface area contributed by atoms with Gasteiger partial charge in [0, 0.05) is 96.9 Å². The number of benzene rings is 4. The molecule has 0 saturated carbocycles. The van der Waals surface area contributed by atoms with E-state index in [1.165, 1.54) is 66.6 Å². The van der Waals surface area contributed by atoms with Gasteiger partial charge in [0.05, 0.1) is 77.5 Å². The molecule has 456 valence electrons. The van der Waals surface area contributed by atoms with Crippen LogP contribution in [-0.4, -0.2) is 164 Å². The molecule has 4 aromatic heterocycles. The molecule has 10 rings (SSSR count). The summed E-state index contributed by atoms with van der Waals surface area (Å²) < 4.78 is 136. The molecule has 6 heterocycles. The number of aliphatic hydroxyl groups excluding tert-OH is 2. The van der Waals surface area contributed by atoms with Crippen LogP contribution in [-0.2, 0) is 12.4 Å². The molecule has 4 aromatic carbocycles. The first-order valence-electron chi connectivity index (χ1n) is 27.1. The number of amides is 2. The Kier molecular flexibility index (Phi) is 18.2. The maximum Gasteiger partial charge on any atom is 0.433 e. The van der Waals surface area contributed by atoms with E-state index in [2.05, 4.69) is 20.2 Å². The van der Waals surface area contributed by atoms with Crippen molar-refractivity contribution in [2.24, 2.45) is 0 Å². The third kappa shape index (κ3) is 12.2. The summed E-state index contributed by atoms with van der Waals surface area (Å²) in [6.45, 7) is 7.56. The lowest BCUT2D eigenvalue weighted by Crippen LogP contribution is -2.55. The number of hydrogen-bond acceptors (Lipinski definition) is 14. The largest absolute Gasteiger partial charge is 0.497 e. The summed E-state index contributed by atoms with van der Waals surface area (Å²) in [6.07, 6.45) is -7.29. The lowest BCUT2D eigenvalue weighted by Gasteiger charge is -2.43. The van der Waals surface area contributed by atoms with Crippen LogP contribution >= 0.6 is 0 Å². The minimum Gasteiger partial charge on any atom is -0.497 e. The Morgan fingerprint density at radius 2 is 0.919 bits per heavy atom. The average molecular weight is 1200 g/mol. The van der Waals surface area contributed by atoms with E-state index in [9.17, 15) is 54.9 Å². The van der Waals surface area contributed by atoms with E-state index in [1.54, 1.807) is 70.5 Å². The Hall–Kier alpha value is -8.46. The molecule has 0 spiro atoms. The average Bonchev–Trinajstić information content (AvgIpc) is 1.89. The predicted molar refractivity (Wildman–Crippen MR) is 299 cm³/mol. The maximum atomic E-state index is 14.3. The fourth-order valence-electron chi connectivity index (χ4n) is 11.4. The topological polar surface area (TPSA) is 185 Å². The molecule has 8 aromatic rings. The van der Waals surface area contributed by atoms with E-state index in [0.29, 0.717) is 80.5 Å². The molecule has 18 nitrogen and oxygen atoms in total. The molecular weight excluding hydrogens is 1140 g/mol. The van der Waals surface area contributed by atoms with Gasteiger partial charge in [0.15, 0.2) is 22.7 Å². The van der Waals surface area contributed by atoms with Gasteiger partial charge in [-0.05, 0) is 88.4 Å². The molecule has 26 heteroatoms. The minimum absolute atomic E-state index is 0.0560. The summed E-state index contributed by atoms with van der Waals surface area (Å²) in [7, 11) is 5.81. The van der Waals surface area contributed by atoms with Crippen LogP contribution in [0, 0.1) is 25.5 Å². The van der Waals surface area contributed by atoms with E-state index in [4.69, 9.17) is 18.9 Å². The van der Waals surface area contributed by atoms with Crippen molar-refractivity contribution in [2.45, 2.75) is 64.2 Å². The van der Waals surface area contributed by atoms with Gasteiger partial charge >= 0.3 is 12.4 Å². The number of rotatable bonds is 14. The highest BCUT2D eigenvalue weighted by Crippen LogP contribution is 2.40. The van der Waals surface area contributed by atoms with Crippen molar-refractivity contribution in [2.75, 3.05) is 80.9 Å². The van der Waals surface area contributed by atoms with Crippen molar-refractivity contribution in [1.29, 1.82) is 0 Å². The van der Waals surface area contributed by atoms with Crippen molar-refractivity contribution in [3.63, 3.8) is 0 Å². The fraction of sp³-hybridized carbons (Fsp3) is 0.367. The van der Waals surface area contributed by atoms with E-state index < -0.39 is 59.3 Å². The molecule has 0 radical (unpaired) electrons. The Bertz CT molecular complexity index is 3520. The number of nitrogens with zero attached hydrogens (tertiary/aromatic N) is 10. The molecule has 2 fully saturated rings. The Labute approximate surface area is 488 Å². The molecule has 0 unspecified atom stereocenters. The van der Waals surface area contributed by atoms with Crippen molar-refractivity contribution >= 4 is 23.1 Å². The lowest BCUT2D eigenvalue weighted by atomic mass is 10.0. The van der Waals surface area contributed by atoms with Crippen molar-refractivity contribution in [1.82, 2.24) is 48.8 Å². The number of hydrogen-bond donors (Lipinski definition) is 2. The van der Waals surface area contributed by atoms with Gasteiger partial charge in [0.25, 0.3) is 11.8 Å². The Balaban J connectivity index is 0.000000205. The number of ether oxygens (including phenoxy) is 4. The third-order valence-corrected chi connectivity index (χ3v) is 15.7. The van der Waals surface area contributed by atoms with Gasteiger partial charge in [-0.2, -0.15) is 36.5 Å². The fourth-order valence-corrected chi connectivity index (χ4v) is 11.4. The zero-order valence-corrected chi connectivity index (χ0v) is 48.0. The number of carbonyl (C=O) groups excluding carboxylic acids is 2. The zero-order valence-electron chi connectivity index (χ0n) is 48.0. The van der Waals surface area contributed by atoms with Crippen LogP contribution in [0.4, 0.5) is 35.1 Å². The molecule has 0 bridgehead atoms. The van der Waals surface area contributed by atoms with Gasteiger partial charge in [-0.3, -0.25) is 19.4 Å². The van der Waals surface area contributed by atoms with E-state index in [-0.39, 0.29) is 83.3 Å². The number of piperazine rings is 2. The molecule has 4 atom stereocenters. The van der Waals surface area contributed by atoms with E-state index in [1.807, 2.05) is 23.6 Å². The highest BCUT2D eigenvalue weighted by molar-refractivity contribution is 6.01. The summed E-state index contributed by atoms with van der Waals surface area (Å²) in [4.78, 5) is 43.7. The summed E-state index contributed by atoms with van der Waals surface area (Å²) >= 11 is 0. The summed E-state index contributed by atoms with van der Waals surface area (Å²) in [6, 6.07) is 19.3. The Morgan fingerprint density at radius 3 is 1.22 bits per heavy atom. The van der Waals surface area contributed by atoms with Gasteiger partial charge in [-0.1, -0.05) is 12.1 Å².